The second-order valence-electron chi connectivity index (χ2n) is 8.38. The molecule has 1 aromatic heterocycles. The Hall–Kier alpha value is -3.32. The molecule has 0 amide bonds. The third-order valence-corrected chi connectivity index (χ3v) is 5.92. The Balaban J connectivity index is 1.13. The fraction of sp³-hybridized carbons (Fsp3) is 0.385. The monoisotopic (exact) mass is 446 g/mol. The summed E-state index contributed by atoms with van der Waals surface area (Å²) in [4.78, 5) is 13.9. The average molecular weight is 447 g/mol. The maximum Gasteiger partial charge on any atom is 0.226 e. The highest BCUT2D eigenvalue weighted by Crippen LogP contribution is 2.18. The zero-order chi connectivity index (χ0) is 22.9. The lowest BCUT2D eigenvalue weighted by molar-refractivity contribution is 0.255. The summed E-state index contributed by atoms with van der Waals surface area (Å²) in [6, 6.07) is 18.7. The van der Waals surface area contributed by atoms with Gasteiger partial charge in [0.05, 0.1) is 12.2 Å². The minimum atomic E-state index is 0.566. The van der Waals surface area contributed by atoms with Crippen molar-refractivity contribution >= 4 is 11.6 Å². The molecule has 0 saturated carbocycles. The zero-order valence-corrected chi connectivity index (χ0v) is 19.6. The number of hydrogen-bond acceptors (Lipinski definition) is 5. The van der Waals surface area contributed by atoms with Crippen LogP contribution in [0.2, 0.25) is 0 Å². The number of oxazole rings is 1. The Morgan fingerprint density at radius 2 is 1.85 bits per heavy atom. The zero-order valence-electron chi connectivity index (χ0n) is 19.6. The first kappa shape index (κ1) is 22.9. The Morgan fingerprint density at radius 3 is 2.61 bits per heavy atom. The van der Waals surface area contributed by atoms with Gasteiger partial charge in [0.2, 0.25) is 5.89 Å². The van der Waals surface area contributed by atoms with Gasteiger partial charge in [-0.3, -0.25) is 9.89 Å². The molecule has 2 N–H and O–H groups in total. The summed E-state index contributed by atoms with van der Waals surface area (Å²) in [6.45, 7) is 9.08. The number of aliphatic imine (C=N–C) groups is 1. The van der Waals surface area contributed by atoms with Gasteiger partial charge < -0.3 is 20.0 Å². The first-order valence-corrected chi connectivity index (χ1v) is 11.7. The van der Waals surface area contributed by atoms with E-state index < -0.39 is 0 Å². The predicted molar refractivity (Wildman–Crippen MR) is 135 cm³/mol. The van der Waals surface area contributed by atoms with E-state index in [1.165, 1.54) is 11.3 Å². The second kappa shape index (κ2) is 11.5. The summed E-state index contributed by atoms with van der Waals surface area (Å²) in [6.07, 6.45) is 2.77. The minimum absolute atomic E-state index is 0.566. The van der Waals surface area contributed by atoms with E-state index in [0.717, 1.165) is 62.9 Å². The summed E-state index contributed by atoms with van der Waals surface area (Å²) in [5, 5.41) is 6.72. The highest BCUT2D eigenvalue weighted by Gasteiger charge is 2.16. The van der Waals surface area contributed by atoms with Crippen molar-refractivity contribution in [3.63, 3.8) is 0 Å². The van der Waals surface area contributed by atoms with E-state index in [2.05, 4.69) is 61.6 Å². The second-order valence-corrected chi connectivity index (χ2v) is 8.38. The fourth-order valence-corrected chi connectivity index (χ4v) is 4.06. The van der Waals surface area contributed by atoms with Crippen LogP contribution in [0.25, 0.3) is 11.5 Å². The van der Waals surface area contributed by atoms with Crippen molar-refractivity contribution in [1.29, 1.82) is 0 Å². The van der Waals surface area contributed by atoms with Gasteiger partial charge in [0.25, 0.3) is 0 Å². The number of guanidine groups is 1. The molecular weight excluding hydrogens is 412 g/mol. The topological polar surface area (TPSA) is 68.9 Å². The molecule has 0 aliphatic carbocycles. The molecule has 0 bridgehead atoms. The van der Waals surface area contributed by atoms with Crippen LogP contribution in [0.4, 0.5) is 5.69 Å². The number of aromatic nitrogens is 1. The molecule has 7 nitrogen and oxygen atoms in total. The van der Waals surface area contributed by atoms with Gasteiger partial charge in [0.15, 0.2) is 5.96 Å². The maximum absolute atomic E-state index is 5.60. The van der Waals surface area contributed by atoms with Crippen LogP contribution in [0.5, 0.6) is 0 Å². The van der Waals surface area contributed by atoms with Crippen LogP contribution in [0, 0.1) is 6.92 Å². The third kappa shape index (κ3) is 6.58. The molecule has 174 valence electrons. The molecule has 3 aromatic rings. The summed E-state index contributed by atoms with van der Waals surface area (Å²) >= 11 is 0. The molecule has 0 atom stereocenters. The molecule has 0 radical (unpaired) electrons. The number of anilines is 1. The van der Waals surface area contributed by atoms with Gasteiger partial charge in [-0.1, -0.05) is 30.3 Å². The molecular formula is C26H34N6O. The Morgan fingerprint density at radius 1 is 1.03 bits per heavy atom. The third-order valence-electron chi connectivity index (χ3n) is 5.92. The average Bonchev–Trinajstić information content (AvgIpc) is 3.34. The number of piperazine rings is 1. The van der Waals surface area contributed by atoms with Crippen molar-refractivity contribution in [3.8, 4) is 11.5 Å². The quantitative estimate of drug-likeness (QED) is 0.313. The van der Waals surface area contributed by atoms with Crippen LogP contribution in [0.3, 0.4) is 0 Å². The predicted octanol–water partition coefficient (Wildman–Crippen LogP) is 3.53. The van der Waals surface area contributed by atoms with Crippen LogP contribution < -0.4 is 15.5 Å². The lowest BCUT2D eigenvalue weighted by atomic mass is 10.2. The van der Waals surface area contributed by atoms with Gasteiger partial charge in [-0.15, -0.1) is 0 Å². The molecule has 0 unspecified atom stereocenters. The number of nitrogens with one attached hydrogen (secondary N) is 2. The van der Waals surface area contributed by atoms with Crippen molar-refractivity contribution in [2.45, 2.75) is 19.9 Å². The smallest absolute Gasteiger partial charge is 0.226 e. The molecule has 4 rings (SSSR count). The molecule has 0 spiro atoms. The van der Waals surface area contributed by atoms with E-state index in [4.69, 9.17) is 4.42 Å². The highest BCUT2D eigenvalue weighted by molar-refractivity contribution is 5.79. The maximum atomic E-state index is 5.60. The molecule has 1 saturated heterocycles. The van der Waals surface area contributed by atoms with E-state index >= 15 is 0 Å². The number of nitrogens with zero attached hydrogens (tertiary/aromatic N) is 4. The summed E-state index contributed by atoms with van der Waals surface area (Å²) in [5.74, 6) is 1.42. The van der Waals surface area contributed by atoms with Crippen LogP contribution in [0.15, 0.2) is 70.3 Å². The van der Waals surface area contributed by atoms with E-state index in [1.807, 2.05) is 30.3 Å². The fourth-order valence-electron chi connectivity index (χ4n) is 4.06. The van der Waals surface area contributed by atoms with Gasteiger partial charge in [-0.2, -0.15) is 0 Å². The Kier molecular flexibility index (Phi) is 7.98. The summed E-state index contributed by atoms with van der Waals surface area (Å²) < 4.78 is 5.60. The van der Waals surface area contributed by atoms with E-state index in [1.54, 1.807) is 13.3 Å². The summed E-state index contributed by atoms with van der Waals surface area (Å²) in [7, 11) is 1.79. The Bertz CT molecular complexity index is 1020. The number of rotatable bonds is 8. The van der Waals surface area contributed by atoms with Gasteiger partial charge in [0, 0.05) is 51.0 Å². The standard InChI is InChI=1S/C26H34N6O/c1-21-8-6-11-24(18-21)32-16-14-31(15-17-32)13-7-12-28-26(27-2)29-19-23-20-33-25(30-23)22-9-4-3-5-10-22/h3-6,8-11,18,20H,7,12-17,19H2,1-2H3,(H2,27,28,29). The molecule has 1 aliphatic rings. The van der Waals surface area contributed by atoms with Crippen LogP contribution >= 0.6 is 0 Å². The van der Waals surface area contributed by atoms with Crippen molar-refractivity contribution in [1.82, 2.24) is 20.5 Å². The summed E-state index contributed by atoms with van der Waals surface area (Å²) in [5.41, 5.74) is 4.49. The van der Waals surface area contributed by atoms with Crippen LogP contribution in [-0.4, -0.2) is 62.2 Å². The van der Waals surface area contributed by atoms with Crippen molar-refractivity contribution in [2.24, 2.45) is 4.99 Å². The van der Waals surface area contributed by atoms with Crippen LogP contribution in [-0.2, 0) is 6.54 Å². The lowest BCUT2D eigenvalue weighted by Crippen LogP contribution is -2.47. The molecule has 2 aromatic carbocycles. The van der Waals surface area contributed by atoms with E-state index in [9.17, 15) is 0 Å². The van der Waals surface area contributed by atoms with Crippen molar-refractivity contribution < 1.29 is 4.42 Å². The number of aryl methyl sites for hydroxylation is 1. The van der Waals surface area contributed by atoms with Gasteiger partial charge in [-0.25, -0.2) is 4.98 Å². The highest BCUT2D eigenvalue weighted by atomic mass is 16.3. The molecule has 1 aliphatic heterocycles. The Labute approximate surface area is 196 Å². The number of benzene rings is 2. The SMILES string of the molecule is CN=C(NCCCN1CCN(c2cccc(C)c2)CC1)NCc1coc(-c2ccccc2)n1. The van der Waals surface area contributed by atoms with Crippen LogP contribution in [0.1, 0.15) is 17.7 Å². The molecule has 2 heterocycles. The number of hydrogen-bond donors (Lipinski definition) is 2. The van der Waals surface area contributed by atoms with Crippen molar-refractivity contribution in [2.75, 3.05) is 51.2 Å². The van der Waals surface area contributed by atoms with Gasteiger partial charge in [0.1, 0.15) is 6.26 Å². The van der Waals surface area contributed by atoms with Gasteiger partial charge in [-0.05, 0) is 49.7 Å². The van der Waals surface area contributed by atoms with Crippen molar-refractivity contribution in [3.05, 3.63) is 72.1 Å². The molecule has 1 fully saturated rings. The first-order valence-electron chi connectivity index (χ1n) is 11.7. The molecule has 7 heteroatoms. The van der Waals surface area contributed by atoms with E-state index in [0.29, 0.717) is 12.4 Å². The van der Waals surface area contributed by atoms with E-state index in [-0.39, 0.29) is 0 Å². The first-order chi connectivity index (χ1) is 16.2. The normalized spacial score (nSPS) is 15.0. The molecule has 33 heavy (non-hydrogen) atoms. The lowest BCUT2D eigenvalue weighted by Gasteiger charge is -2.36. The minimum Gasteiger partial charge on any atom is -0.444 e. The largest absolute Gasteiger partial charge is 0.444 e. The van der Waals surface area contributed by atoms with Gasteiger partial charge >= 0.3 is 0 Å².